The van der Waals surface area contributed by atoms with Gasteiger partial charge in [0, 0.05) is 82.9 Å². The van der Waals surface area contributed by atoms with Gasteiger partial charge in [-0.3, -0.25) is 0 Å². The average molecular weight is 1770 g/mol. The van der Waals surface area contributed by atoms with Gasteiger partial charge < -0.3 is 0 Å². The van der Waals surface area contributed by atoms with Crippen LogP contribution >= 0.6 is 0 Å². The van der Waals surface area contributed by atoms with Gasteiger partial charge in [-0.15, -0.1) is 0 Å². The van der Waals surface area contributed by atoms with Gasteiger partial charge in [-0.25, -0.2) is 54.8 Å². The van der Waals surface area contributed by atoms with Crippen molar-refractivity contribution in [1.82, 2.24) is 54.8 Å². The van der Waals surface area contributed by atoms with Crippen LogP contribution in [0.4, 0.5) is 0 Å². The van der Waals surface area contributed by atoms with Crippen molar-refractivity contribution in [3.63, 3.8) is 0 Å². The zero-order valence-corrected chi connectivity index (χ0v) is 75.0. The minimum atomic E-state index is 0.626. The van der Waals surface area contributed by atoms with E-state index in [-0.39, 0.29) is 0 Å². The third kappa shape index (κ3) is 18.8. The Hall–Kier alpha value is -18.7. The average Bonchev–Trinajstić information content (AvgIpc) is 0.762. The van der Waals surface area contributed by atoms with E-state index in [9.17, 15) is 0 Å². The van der Waals surface area contributed by atoms with E-state index < -0.39 is 0 Å². The Morgan fingerprint density at radius 3 is 0.536 bits per heavy atom. The first-order valence-electron chi connectivity index (χ1n) is 46.1. The van der Waals surface area contributed by atoms with Crippen LogP contribution in [0.5, 0.6) is 0 Å². The number of nitrogens with zero attached hydrogens (tertiary/aromatic N) is 11. The number of benzene rings is 18. The summed E-state index contributed by atoms with van der Waals surface area (Å²) in [7, 11) is 0. The second-order valence-corrected chi connectivity index (χ2v) is 33.6. The highest BCUT2D eigenvalue weighted by atomic mass is 15.0. The molecule has 0 atom stereocenters. The summed E-state index contributed by atoms with van der Waals surface area (Å²) in [4.78, 5) is 55.0. The quantitative estimate of drug-likeness (QED) is 0.0810. The Balaban J connectivity index is 0.000000119. The molecule has 6 aromatic heterocycles. The Morgan fingerprint density at radius 2 is 0.275 bits per heavy atom. The maximum absolute atomic E-state index is 5.11. The van der Waals surface area contributed by atoms with Crippen molar-refractivity contribution in [3.8, 4) is 203 Å². The predicted octanol–water partition coefficient (Wildman–Crippen LogP) is 31.9. The van der Waals surface area contributed by atoms with Gasteiger partial charge in [0.05, 0.1) is 45.0 Å². The highest BCUT2D eigenvalue weighted by Gasteiger charge is 2.22. The van der Waals surface area contributed by atoms with E-state index >= 15 is 0 Å². The van der Waals surface area contributed by atoms with E-state index in [1.54, 1.807) is 0 Å². The number of hydrogen-bond donors (Lipinski definition) is 0. The van der Waals surface area contributed by atoms with Crippen LogP contribution in [0.1, 0.15) is 0 Å². The summed E-state index contributed by atoms with van der Waals surface area (Å²) in [5, 5.41) is 3.29. The lowest BCUT2D eigenvalue weighted by atomic mass is 9.94. The van der Waals surface area contributed by atoms with Gasteiger partial charge in [0.15, 0.2) is 40.8 Å². The van der Waals surface area contributed by atoms with Crippen molar-refractivity contribution < 1.29 is 0 Å². The molecule has 24 rings (SSSR count). The lowest BCUT2D eigenvalue weighted by Gasteiger charge is -2.14. The molecule has 0 aliphatic rings. The van der Waals surface area contributed by atoms with Gasteiger partial charge in [0.1, 0.15) is 0 Å². The second kappa shape index (κ2) is 39.4. The lowest BCUT2D eigenvalue weighted by molar-refractivity contribution is 1.07. The monoisotopic (exact) mass is 1760 g/mol. The first-order chi connectivity index (χ1) is 68.3. The molecular weight excluding hydrogens is 1680 g/mol. The van der Waals surface area contributed by atoms with Gasteiger partial charge in [-0.1, -0.05) is 443 Å². The normalized spacial score (nSPS) is 11.0. The van der Waals surface area contributed by atoms with Crippen molar-refractivity contribution in [2.75, 3.05) is 0 Å². The fraction of sp³-hybridized carbons (Fsp3) is 0. The Labute approximate surface area is 800 Å². The van der Waals surface area contributed by atoms with Crippen molar-refractivity contribution in [2.24, 2.45) is 0 Å². The van der Waals surface area contributed by atoms with Crippen LogP contribution in [0.25, 0.3) is 235 Å². The molecule has 11 heteroatoms. The molecule has 0 unspecified atom stereocenters. The molecule has 648 valence electrons. The Bertz CT molecular complexity index is 7910. The SMILES string of the molecule is c1ccc(-c2ccc3nc(-c4ccccc4)cc(-c4ccc(-c5nc(-c6ccccc6)nc(-c6ccccc6)n5)cc4)c3c2)cc1.c1ccc(-c2ccc3nc(-c4ccccc4)cc(-c4cccc(-c5nc(-c6ccccc6)cc(-c6ccccc6)n5)c4)c3c2)cc1.c1ccc(-c2ccc3nc(-c4ccccc4)cc(-c4cccc(-c5nc(-c6ccccc6)nc(-c6ccccc6)n5)c4)c3c2)cc1. The molecule has 11 nitrogen and oxygen atoms in total. The van der Waals surface area contributed by atoms with Crippen molar-refractivity contribution in [1.29, 1.82) is 0 Å². The van der Waals surface area contributed by atoms with Crippen molar-refractivity contribution in [3.05, 3.63) is 516 Å². The molecule has 6 heterocycles. The summed E-state index contributed by atoms with van der Waals surface area (Å²) in [6.07, 6.45) is 0. The third-order valence-corrected chi connectivity index (χ3v) is 24.5. The maximum atomic E-state index is 5.11. The Kier molecular flexibility index (Phi) is 24.2. The minimum absolute atomic E-state index is 0.626. The van der Waals surface area contributed by atoms with E-state index in [0.29, 0.717) is 40.8 Å². The Morgan fingerprint density at radius 1 is 0.0942 bits per heavy atom. The molecule has 0 aliphatic carbocycles. The fourth-order valence-electron chi connectivity index (χ4n) is 17.5. The molecule has 0 saturated heterocycles. The predicted molar refractivity (Wildman–Crippen MR) is 565 cm³/mol. The molecule has 18 aromatic carbocycles. The van der Waals surface area contributed by atoms with E-state index in [2.05, 4.69) is 322 Å². The molecule has 0 amide bonds. The molecule has 0 aliphatic heterocycles. The smallest absolute Gasteiger partial charge is 0.164 e. The number of aromatic nitrogens is 11. The zero-order valence-electron chi connectivity index (χ0n) is 75.0. The summed E-state index contributed by atoms with van der Waals surface area (Å²) < 4.78 is 0. The van der Waals surface area contributed by atoms with Crippen LogP contribution in [-0.2, 0) is 0 Å². The maximum Gasteiger partial charge on any atom is 0.164 e. The van der Waals surface area contributed by atoms with Crippen molar-refractivity contribution in [2.45, 2.75) is 0 Å². The number of hydrogen-bond acceptors (Lipinski definition) is 11. The molecule has 0 spiro atoms. The first kappa shape index (κ1) is 84.8. The summed E-state index contributed by atoms with van der Waals surface area (Å²) in [5.74, 6) is 4.53. The summed E-state index contributed by atoms with van der Waals surface area (Å²) in [5.41, 5.74) is 33.0. The zero-order chi connectivity index (χ0) is 92.1. The lowest BCUT2D eigenvalue weighted by Crippen LogP contribution is -2.00. The van der Waals surface area contributed by atoms with E-state index in [4.69, 9.17) is 54.8 Å². The molecule has 138 heavy (non-hydrogen) atoms. The summed E-state index contributed by atoms with van der Waals surface area (Å²) in [6.45, 7) is 0. The minimum Gasteiger partial charge on any atom is -0.248 e. The number of rotatable bonds is 18. The van der Waals surface area contributed by atoms with Crippen LogP contribution < -0.4 is 0 Å². The topological polar surface area (TPSA) is 142 Å². The number of fused-ring (bicyclic) bond motifs is 3. The molecule has 0 fully saturated rings. The van der Waals surface area contributed by atoms with E-state index in [1.807, 2.05) is 194 Å². The van der Waals surface area contributed by atoms with Crippen LogP contribution in [0, 0.1) is 0 Å². The largest absolute Gasteiger partial charge is 0.248 e. The van der Waals surface area contributed by atoms with Crippen molar-refractivity contribution >= 4 is 32.7 Å². The van der Waals surface area contributed by atoms with Gasteiger partial charge in [-0.2, -0.15) is 0 Å². The standard InChI is InChI=1S/C43H29N3.2C42H28N4/c1-5-14-30(15-6-1)34-24-25-39-38(27-34)37(28-40(44-39)31-16-7-2-8-17-31)35-22-13-23-36(26-35)43-45-41(32-18-9-3-10-19-32)29-42(46-43)33-20-11-4-12-21-33;1-5-14-29(15-6-1)33-24-25-38-37(27-33)36(28-39(43-38)30-16-7-2-8-17-30)34-22-13-23-35(26-34)42-45-40(31-18-9-3-10-19-31)44-41(46-42)32-20-11-4-12-21-32;1-5-13-29(14-6-1)35-25-26-38-37(27-35)36(28-39(43-38)31-15-7-2-8-16-31)30-21-23-34(24-22-30)42-45-40(32-17-9-3-10-18-32)44-41(46-42)33-19-11-4-12-20-33/h1-29H;2*1-28H. The van der Waals surface area contributed by atoms with Crippen LogP contribution in [0.2, 0.25) is 0 Å². The van der Waals surface area contributed by atoms with Crippen LogP contribution in [0.3, 0.4) is 0 Å². The molecule has 24 aromatic rings. The van der Waals surface area contributed by atoms with Gasteiger partial charge in [0.25, 0.3) is 0 Å². The van der Waals surface area contributed by atoms with Gasteiger partial charge >= 0.3 is 0 Å². The van der Waals surface area contributed by atoms with E-state index in [0.717, 1.165) is 178 Å². The molecular formula is C127H85N11. The fourth-order valence-corrected chi connectivity index (χ4v) is 17.5. The van der Waals surface area contributed by atoms with Gasteiger partial charge in [-0.05, 0) is 140 Å². The highest BCUT2D eigenvalue weighted by molar-refractivity contribution is 6.03. The molecule has 0 bridgehead atoms. The highest BCUT2D eigenvalue weighted by Crippen LogP contribution is 2.43. The number of pyridine rings is 3. The molecule has 0 radical (unpaired) electrons. The molecule has 0 N–H and O–H groups in total. The van der Waals surface area contributed by atoms with Crippen LogP contribution in [-0.4, -0.2) is 54.8 Å². The third-order valence-electron chi connectivity index (χ3n) is 24.5. The van der Waals surface area contributed by atoms with Gasteiger partial charge in [0.2, 0.25) is 0 Å². The van der Waals surface area contributed by atoms with Crippen LogP contribution in [0.15, 0.2) is 516 Å². The second-order valence-electron chi connectivity index (χ2n) is 33.6. The summed E-state index contributed by atoms with van der Waals surface area (Å²) >= 11 is 0. The summed E-state index contributed by atoms with van der Waals surface area (Å²) in [6, 6.07) is 177. The first-order valence-corrected chi connectivity index (χ1v) is 46.1. The molecule has 0 saturated carbocycles. The van der Waals surface area contributed by atoms with E-state index in [1.165, 1.54) is 16.7 Å².